The van der Waals surface area contributed by atoms with Gasteiger partial charge in [0, 0.05) is 31.9 Å². The van der Waals surface area contributed by atoms with Crippen molar-refractivity contribution >= 4 is 42.1 Å². The summed E-state index contributed by atoms with van der Waals surface area (Å²) in [7, 11) is 0. The highest BCUT2D eigenvalue weighted by atomic mass is 35.5. The molecule has 92 valence electrons. The van der Waals surface area contributed by atoms with E-state index < -0.39 is 0 Å². The minimum atomic E-state index is 0. The van der Waals surface area contributed by atoms with E-state index in [9.17, 15) is 5.11 Å². The second-order valence-electron chi connectivity index (χ2n) is 3.37. The highest BCUT2D eigenvalue weighted by molar-refractivity contribution is 6.32. The summed E-state index contributed by atoms with van der Waals surface area (Å²) >= 11 is 5.84. The first-order valence-electron chi connectivity index (χ1n) is 4.71. The van der Waals surface area contributed by atoms with Crippen molar-refractivity contribution in [1.29, 1.82) is 0 Å². The van der Waals surface area contributed by atoms with Gasteiger partial charge in [-0.05, 0) is 18.2 Å². The third-order valence-corrected chi connectivity index (χ3v) is 2.72. The molecule has 1 heterocycles. The highest BCUT2D eigenvalue weighted by Gasteiger charge is 2.11. The predicted octanol–water partition coefficient (Wildman–Crippen LogP) is 2.30. The Hall–Kier alpha value is -0.350. The lowest BCUT2D eigenvalue weighted by Gasteiger charge is -2.29. The van der Waals surface area contributed by atoms with Crippen LogP contribution in [0.5, 0.6) is 5.75 Å². The van der Waals surface area contributed by atoms with E-state index in [1.807, 2.05) is 12.1 Å². The van der Waals surface area contributed by atoms with Crippen molar-refractivity contribution in [2.75, 3.05) is 31.1 Å². The van der Waals surface area contributed by atoms with Gasteiger partial charge in [0.25, 0.3) is 0 Å². The summed E-state index contributed by atoms with van der Waals surface area (Å²) in [6.45, 7) is 3.97. The molecule has 1 aliphatic heterocycles. The van der Waals surface area contributed by atoms with Crippen molar-refractivity contribution in [2.24, 2.45) is 0 Å². The maximum atomic E-state index is 9.28. The minimum absolute atomic E-state index is 0. The third kappa shape index (κ3) is 3.59. The van der Waals surface area contributed by atoms with Gasteiger partial charge in [0.2, 0.25) is 0 Å². The number of hydrogen-bond acceptors (Lipinski definition) is 3. The molecule has 0 unspecified atom stereocenters. The van der Waals surface area contributed by atoms with Crippen LogP contribution in [0.25, 0.3) is 0 Å². The zero-order valence-electron chi connectivity index (χ0n) is 8.65. The van der Waals surface area contributed by atoms with Crippen molar-refractivity contribution < 1.29 is 5.11 Å². The molecule has 0 radical (unpaired) electrons. The van der Waals surface area contributed by atoms with Gasteiger partial charge in [-0.3, -0.25) is 0 Å². The molecule has 0 amide bonds. The van der Waals surface area contributed by atoms with Gasteiger partial charge < -0.3 is 15.3 Å². The quantitative estimate of drug-likeness (QED) is 0.831. The van der Waals surface area contributed by atoms with Gasteiger partial charge in [0.15, 0.2) is 0 Å². The zero-order valence-corrected chi connectivity index (χ0v) is 11.0. The first-order chi connectivity index (χ1) is 6.77. The molecule has 2 N–H and O–H groups in total. The lowest BCUT2D eigenvalue weighted by atomic mass is 10.2. The molecule has 1 aliphatic rings. The number of phenols is 1. The Labute approximate surface area is 113 Å². The fourth-order valence-corrected chi connectivity index (χ4v) is 1.79. The van der Waals surface area contributed by atoms with Crippen LogP contribution >= 0.6 is 36.4 Å². The van der Waals surface area contributed by atoms with Gasteiger partial charge >= 0.3 is 0 Å². The first kappa shape index (κ1) is 15.7. The highest BCUT2D eigenvalue weighted by Crippen LogP contribution is 2.28. The molecule has 6 heteroatoms. The predicted molar refractivity (Wildman–Crippen MR) is 72.7 cm³/mol. The molecule has 0 aromatic heterocycles. The summed E-state index contributed by atoms with van der Waals surface area (Å²) in [5.41, 5.74) is 1.08. The van der Waals surface area contributed by atoms with Crippen LogP contribution in [0.15, 0.2) is 18.2 Å². The zero-order chi connectivity index (χ0) is 9.97. The molecule has 1 aromatic rings. The molecule has 0 aliphatic carbocycles. The number of benzene rings is 1. The van der Waals surface area contributed by atoms with E-state index in [4.69, 9.17) is 11.6 Å². The number of nitrogens with zero attached hydrogens (tertiary/aromatic N) is 1. The summed E-state index contributed by atoms with van der Waals surface area (Å²) < 4.78 is 0. The fourth-order valence-electron chi connectivity index (χ4n) is 1.62. The summed E-state index contributed by atoms with van der Waals surface area (Å²) in [5, 5.41) is 13.0. The molecule has 3 nitrogen and oxygen atoms in total. The van der Waals surface area contributed by atoms with Crippen molar-refractivity contribution in [1.82, 2.24) is 5.32 Å². The maximum Gasteiger partial charge on any atom is 0.134 e. The van der Waals surface area contributed by atoms with Crippen LogP contribution in [-0.4, -0.2) is 31.3 Å². The van der Waals surface area contributed by atoms with E-state index in [0.29, 0.717) is 5.02 Å². The fraction of sp³-hybridized carbons (Fsp3) is 0.400. The number of phenolic OH excluding ortho intramolecular Hbond substituents is 1. The number of aromatic hydroxyl groups is 1. The molecule has 16 heavy (non-hydrogen) atoms. The lowest BCUT2D eigenvalue weighted by molar-refractivity contribution is 0.475. The topological polar surface area (TPSA) is 35.5 Å². The summed E-state index contributed by atoms with van der Waals surface area (Å²) in [6.07, 6.45) is 0. The molecular formula is C10H15Cl3N2O. The molecular weight excluding hydrogens is 270 g/mol. The number of hydrogen-bond donors (Lipinski definition) is 2. The second-order valence-corrected chi connectivity index (χ2v) is 3.78. The molecule has 1 saturated heterocycles. The number of rotatable bonds is 1. The minimum Gasteiger partial charge on any atom is -0.506 e. The van der Waals surface area contributed by atoms with E-state index in [1.54, 1.807) is 6.07 Å². The van der Waals surface area contributed by atoms with Gasteiger partial charge in [-0.15, -0.1) is 24.8 Å². The summed E-state index contributed by atoms with van der Waals surface area (Å²) in [5.74, 6) is 0.144. The van der Waals surface area contributed by atoms with Gasteiger partial charge in [-0.2, -0.15) is 0 Å². The molecule has 1 aromatic carbocycles. The Bertz CT molecular complexity index is 330. The van der Waals surface area contributed by atoms with Crippen LogP contribution in [0.3, 0.4) is 0 Å². The smallest absolute Gasteiger partial charge is 0.134 e. The van der Waals surface area contributed by atoms with Crippen molar-refractivity contribution in [3.05, 3.63) is 23.2 Å². The van der Waals surface area contributed by atoms with Gasteiger partial charge in [-0.1, -0.05) is 11.6 Å². The Morgan fingerprint density at radius 1 is 1.19 bits per heavy atom. The van der Waals surface area contributed by atoms with Crippen LogP contribution in [0.1, 0.15) is 0 Å². The Morgan fingerprint density at radius 2 is 1.81 bits per heavy atom. The van der Waals surface area contributed by atoms with Crippen molar-refractivity contribution in [3.8, 4) is 5.75 Å². The SMILES string of the molecule is Cl.Cl.Oc1ccc(N2CCNCC2)cc1Cl. The van der Waals surface area contributed by atoms with E-state index in [2.05, 4.69) is 10.2 Å². The van der Waals surface area contributed by atoms with Gasteiger partial charge in [0.05, 0.1) is 5.02 Å². The average molecular weight is 286 g/mol. The van der Waals surface area contributed by atoms with Gasteiger partial charge in [-0.25, -0.2) is 0 Å². The monoisotopic (exact) mass is 284 g/mol. The lowest BCUT2D eigenvalue weighted by Crippen LogP contribution is -2.43. The average Bonchev–Trinajstić information content (AvgIpc) is 2.23. The second kappa shape index (κ2) is 7.07. The summed E-state index contributed by atoms with van der Waals surface area (Å²) in [6, 6.07) is 5.34. The van der Waals surface area contributed by atoms with Crippen molar-refractivity contribution in [3.63, 3.8) is 0 Å². The number of piperazine rings is 1. The molecule has 0 bridgehead atoms. The van der Waals surface area contributed by atoms with Crippen LogP contribution < -0.4 is 10.2 Å². The van der Waals surface area contributed by atoms with Gasteiger partial charge in [0.1, 0.15) is 5.75 Å². The largest absolute Gasteiger partial charge is 0.506 e. The third-order valence-electron chi connectivity index (χ3n) is 2.41. The Kier molecular flexibility index (Phi) is 6.91. The number of halogens is 3. The number of nitrogens with one attached hydrogen (secondary N) is 1. The van der Waals surface area contributed by atoms with E-state index in [1.165, 1.54) is 0 Å². The van der Waals surface area contributed by atoms with Crippen LogP contribution in [-0.2, 0) is 0 Å². The van der Waals surface area contributed by atoms with E-state index >= 15 is 0 Å². The number of anilines is 1. The standard InChI is InChI=1S/C10H13ClN2O.2ClH/c11-9-7-8(1-2-10(9)14)13-5-3-12-4-6-13;;/h1-2,7,12,14H,3-6H2;2*1H. The summed E-state index contributed by atoms with van der Waals surface area (Å²) in [4.78, 5) is 2.25. The van der Waals surface area contributed by atoms with Crippen molar-refractivity contribution in [2.45, 2.75) is 0 Å². The van der Waals surface area contributed by atoms with Crippen LogP contribution in [0.2, 0.25) is 5.02 Å². The normalized spacial score (nSPS) is 14.9. The van der Waals surface area contributed by atoms with Crippen LogP contribution in [0, 0.1) is 0 Å². The molecule has 0 atom stereocenters. The Morgan fingerprint density at radius 3 is 2.38 bits per heavy atom. The first-order valence-corrected chi connectivity index (χ1v) is 5.09. The van der Waals surface area contributed by atoms with E-state index in [0.717, 1.165) is 31.9 Å². The Balaban J connectivity index is 0.00000112. The molecule has 0 spiro atoms. The molecule has 0 saturated carbocycles. The van der Waals surface area contributed by atoms with E-state index in [-0.39, 0.29) is 30.6 Å². The molecule has 2 rings (SSSR count). The maximum absolute atomic E-state index is 9.28. The van der Waals surface area contributed by atoms with Crippen LogP contribution in [0.4, 0.5) is 5.69 Å². The molecule has 1 fully saturated rings.